The van der Waals surface area contributed by atoms with Gasteiger partial charge in [0.25, 0.3) is 0 Å². The molecule has 19 heavy (non-hydrogen) atoms. The fourth-order valence-electron chi connectivity index (χ4n) is 1.95. The van der Waals surface area contributed by atoms with Crippen LogP contribution in [0, 0.1) is 0 Å². The molecule has 0 saturated heterocycles. The van der Waals surface area contributed by atoms with Crippen molar-refractivity contribution in [3.63, 3.8) is 0 Å². The number of hydrogen-bond donors (Lipinski definition) is 1. The molecule has 0 aliphatic carbocycles. The van der Waals surface area contributed by atoms with Crippen molar-refractivity contribution in [1.82, 2.24) is 9.88 Å². The molecule has 1 N–H and O–H groups in total. The number of rotatable bonds is 6. The SMILES string of the molecule is CCCNCc1ccn(Cc2ccc(Cl)cc2Cl)c1. The summed E-state index contributed by atoms with van der Waals surface area (Å²) in [4.78, 5) is 0. The van der Waals surface area contributed by atoms with Crippen molar-refractivity contribution in [2.24, 2.45) is 0 Å². The summed E-state index contributed by atoms with van der Waals surface area (Å²) in [6.45, 7) is 4.90. The quantitative estimate of drug-likeness (QED) is 0.785. The number of nitrogens with one attached hydrogen (secondary N) is 1. The van der Waals surface area contributed by atoms with Gasteiger partial charge in [-0.1, -0.05) is 36.2 Å². The maximum absolute atomic E-state index is 6.18. The van der Waals surface area contributed by atoms with Gasteiger partial charge in [-0.05, 0) is 42.3 Å². The van der Waals surface area contributed by atoms with Gasteiger partial charge in [0.15, 0.2) is 0 Å². The van der Waals surface area contributed by atoms with Crippen LogP contribution in [-0.2, 0) is 13.1 Å². The standard InChI is InChI=1S/C15H18Cl2N2/c1-2-6-18-9-12-5-7-19(10-12)11-13-3-4-14(16)8-15(13)17/h3-5,7-8,10,18H,2,6,9,11H2,1H3. The average molecular weight is 297 g/mol. The molecular weight excluding hydrogens is 279 g/mol. The minimum atomic E-state index is 0.672. The Bertz CT molecular complexity index is 535. The summed E-state index contributed by atoms with van der Waals surface area (Å²) in [5, 5.41) is 4.78. The third kappa shape index (κ3) is 4.27. The smallest absolute Gasteiger partial charge is 0.0485 e. The summed E-state index contributed by atoms with van der Waals surface area (Å²) >= 11 is 12.1. The van der Waals surface area contributed by atoms with Crippen LogP contribution in [0.5, 0.6) is 0 Å². The third-order valence-electron chi connectivity index (χ3n) is 2.94. The van der Waals surface area contributed by atoms with Crippen LogP contribution in [0.3, 0.4) is 0 Å². The zero-order chi connectivity index (χ0) is 13.7. The van der Waals surface area contributed by atoms with Crippen LogP contribution in [0.25, 0.3) is 0 Å². The van der Waals surface area contributed by atoms with Gasteiger partial charge in [0.1, 0.15) is 0 Å². The van der Waals surface area contributed by atoms with Gasteiger partial charge in [0.05, 0.1) is 0 Å². The molecule has 0 spiro atoms. The molecular formula is C15H18Cl2N2. The summed E-state index contributed by atoms with van der Waals surface area (Å²) < 4.78 is 2.14. The largest absolute Gasteiger partial charge is 0.350 e. The molecule has 2 aromatic rings. The number of aromatic nitrogens is 1. The van der Waals surface area contributed by atoms with E-state index in [0.29, 0.717) is 10.0 Å². The second kappa shape index (κ2) is 6.99. The van der Waals surface area contributed by atoms with Crippen molar-refractivity contribution in [3.8, 4) is 0 Å². The summed E-state index contributed by atoms with van der Waals surface area (Å²) in [7, 11) is 0. The van der Waals surface area contributed by atoms with Gasteiger partial charge in [-0.2, -0.15) is 0 Å². The van der Waals surface area contributed by atoms with Crippen molar-refractivity contribution in [2.75, 3.05) is 6.54 Å². The van der Waals surface area contributed by atoms with Crippen LogP contribution in [0.1, 0.15) is 24.5 Å². The lowest BCUT2D eigenvalue weighted by molar-refractivity contribution is 0.673. The zero-order valence-electron chi connectivity index (χ0n) is 11.0. The van der Waals surface area contributed by atoms with Crippen LogP contribution in [0.4, 0.5) is 0 Å². The van der Waals surface area contributed by atoms with Crippen molar-refractivity contribution in [2.45, 2.75) is 26.4 Å². The highest BCUT2D eigenvalue weighted by Crippen LogP contribution is 2.22. The van der Waals surface area contributed by atoms with Crippen molar-refractivity contribution in [3.05, 3.63) is 57.8 Å². The first-order valence-corrected chi connectivity index (χ1v) is 7.24. The first-order valence-electron chi connectivity index (χ1n) is 6.48. The lowest BCUT2D eigenvalue weighted by Crippen LogP contribution is -2.13. The van der Waals surface area contributed by atoms with Gasteiger partial charge in [-0.3, -0.25) is 0 Å². The highest BCUT2D eigenvalue weighted by molar-refractivity contribution is 6.35. The van der Waals surface area contributed by atoms with E-state index in [1.54, 1.807) is 6.07 Å². The Kier molecular flexibility index (Phi) is 5.32. The zero-order valence-corrected chi connectivity index (χ0v) is 12.5. The Balaban J connectivity index is 1.99. The molecule has 2 nitrogen and oxygen atoms in total. The molecule has 0 amide bonds. The second-order valence-electron chi connectivity index (χ2n) is 4.60. The fourth-order valence-corrected chi connectivity index (χ4v) is 2.42. The molecule has 1 heterocycles. The van der Waals surface area contributed by atoms with Crippen molar-refractivity contribution < 1.29 is 0 Å². The molecule has 0 aliphatic heterocycles. The molecule has 0 radical (unpaired) electrons. The van der Waals surface area contributed by atoms with Crippen LogP contribution >= 0.6 is 23.2 Å². The number of nitrogens with zero attached hydrogens (tertiary/aromatic N) is 1. The summed E-state index contributed by atoms with van der Waals surface area (Å²) in [5.74, 6) is 0. The fraction of sp³-hybridized carbons (Fsp3) is 0.333. The van der Waals surface area contributed by atoms with Gasteiger partial charge in [-0.15, -0.1) is 0 Å². The summed E-state index contributed by atoms with van der Waals surface area (Å²) in [6.07, 6.45) is 5.38. The molecule has 0 atom stereocenters. The maximum atomic E-state index is 6.18. The Labute approximate surface area is 124 Å². The van der Waals surface area contributed by atoms with Crippen LogP contribution in [0.15, 0.2) is 36.7 Å². The second-order valence-corrected chi connectivity index (χ2v) is 5.45. The molecule has 1 aromatic carbocycles. The van der Waals surface area contributed by atoms with Crippen molar-refractivity contribution >= 4 is 23.2 Å². The van der Waals surface area contributed by atoms with Crippen LogP contribution in [0.2, 0.25) is 10.0 Å². The molecule has 1 aromatic heterocycles. The average Bonchev–Trinajstić information content (AvgIpc) is 2.81. The van der Waals surface area contributed by atoms with E-state index in [0.717, 1.165) is 31.6 Å². The van der Waals surface area contributed by atoms with Crippen LogP contribution in [-0.4, -0.2) is 11.1 Å². The molecule has 4 heteroatoms. The Morgan fingerprint density at radius 1 is 1.21 bits per heavy atom. The number of benzene rings is 1. The van der Waals surface area contributed by atoms with Gasteiger partial charge in [0.2, 0.25) is 0 Å². The predicted molar refractivity (Wildman–Crippen MR) is 82.0 cm³/mol. The third-order valence-corrected chi connectivity index (χ3v) is 3.52. The van der Waals surface area contributed by atoms with Gasteiger partial charge in [0, 0.05) is 35.5 Å². The highest BCUT2D eigenvalue weighted by Gasteiger charge is 2.03. The Hall–Kier alpha value is -0.960. The van der Waals surface area contributed by atoms with Crippen molar-refractivity contribution in [1.29, 1.82) is 0 Å². The maximum Gasteiger partial charge on any atom is 0.0485 e. The molecule has 0 saturated carbocycles. The predicted octanol–water partition coefficient (Wildman–Crippen LogP) is 4.34. The van der Waals surface area contributed by atoms with E-state index in [9.17, 15) is 0 Å². The first-order chi connectivity index (χ1) is 9.19. The van der Waals surface area contributed by atoms with Gasteiger partial charge >= 0.3 is 0 Å². The first kappa shape index (κ1) is 14.4. The monoisotopic (exact) mass is 296 g/mol. The molecule has 0 bridgehead atoms. The van der Waals surface area contributed by atoms with E-state index in [1.165, 1.54) is 5.56 Å². The highest BCUT2D eigenvalue weighted by atomic mass is 35.5. The molecule has 0 aliphatic rings. The van der Waals surface area contributed by atoms with E-state index < -0.39 is 0 Å². The van der Waals surface area contributed by atoms with E-state index in [1.807, 2.05) is 12.1 Å². The van der Waals surface area contributed by atoms with Gasteiger partial charge in [-0.25, -0.2) is 0 Å². The number of hydrogen-bond acceptors (Lipinski definition) is 1. The molecule has 2 rings (SSSR count). The lowest BCUT2D eigenvalue weighted by atomic mass is 10.2. The summed E-state index contributed by atoms with van der Waals surface area (Å²) in [5.41, 5.74) is 2.37. The van der Waals surface area contributed by atoms with E-state index in [-0.39, 0.29) is 0 Å². The number of halogens is 2. The lowest BCUT2D eigenvalue weighted by Gasteiger charge is -2.06. The normalized spacial score (nSPS) is 10.9. The molecule has 0 unspecified atom stereocenters. The van der Waals surface area contributed by atoms with Crippen LogP contribution < -0.4 is 5.32 Å². The van der Waals surface area contributed by atoms with E-state index >= 15 is 0 Å². The van der Waals surface area contributed by atoms with Gasteiger partial charge < -0.3 is 9.88 Å². The minimum absolute atomic E-state index is 0.672. The topological polar surface area (TPSA) is 17.0 Å². The molecule has 0 fully saturated rings. The Morgan fingerprint density at radius 2 is 2.05 bits per heavy atom. The molecule has 102 valence electrons. The minimum Gasteiger partial charge on any atom is -0.350 e. The Morgan fingerprint density at radius 3 is 2.79 bits per heavy atom. The van der Waals surface area contributed by atoms with E-state index in [4.69, 9.17) is 23.2 Å². The summed E-state index contributed by atoms with van der Waals surface area (Å²) in [6, 6.07) is 7.76. The van der Waals surface area contributed by atoms with E-state index in [2.05, 4.69) is 35.3 Å².